The molecule has 110 valence electrons. The number of aryl methyl sites for hydroxylation is 1. The van der Waals surface area contributed by atoms with Gasteiger partial charge in [0, 0.05) is 21.9 Å². The predicted molar refractivity (Wildman–Crippen MR) is 81.3 cm³/mol. The van der Waals surface area contributed by atoms with Crippen molar-refractivity contribution in [2.75, 3.05) is 5.32 Å². The molecule has 0 atom stereocenters. The number of halogens is 2. The van der Waals surface area contributed by atoms with Gasteiger partial charge in [0.25, 0.3) is 0 Å². The minimum absolute atomic E-state index is 0.0271. The Labute approximate surface area is 130 Å². The third-order valence-corrected chi connectivity index (χ3v) is 3.52. The second-order valence-electron chi connectivity index (χ2n) is 4.47. The molecule has 1 aromatic carbocycles. The summed E-state index contributed by atoms with van der Waals surface area (Å²) in [5.74, 6) is -1.46. The number of hydrogen-bond donors (Lipinski definition) is 3. The lowest BCUT2D eigenvalue weighted by Gasteiger charge is -2.07. The number of aromatic amines is 1. The van der Waals surface area contributed by atoms with E-state index in [1.54, 1.807) is 25.1 Å². The molecule has 0 spiro atoms. The Morgan fingerprint density at radius 3 is 2.67 bits per heavy atom. The first kappa shape index (κ1) is 15.4. The molecule has 21 heavy (non-hydrogen) atoms. The zero-order chi connectivity index (χ0) is 15.6. The van der Waals surface area contributed by atoms with Crippen LogP contribution in [0.2, 0.25) is 10.0 Å². The molecule has 0 aliphatic heterocycles. The molecule has 0 aliphatic carbocycles. The lowest BCUT2D eigenvalue weighted by atomic mass is 10.1. The van der Waals surface area contributed by atoms with Crippen LogP contribution in [0.4, 0.5) is 5.69 Å². The Morgan fingerprint density at radius 1 is 1.33 bits per heavy atom. The molecule has 1 aromatic heterocycles. The summed E-state index contributed by atoms with van der Waals surface area (Å²) in [5.41, 5.74) is 1.37. The van der Waals surface area contributed by atoms with Crippen LogP contribution in [0.25, 0.3) is 0 Å². The molecule has 0 radical (unpaired) electrons. The summed E-state index contributed by atoms with van der Waals surface area (Å²) in [6.07, 6.45) is 1.47. The predicted octanol–water partition coefficient (Wildman–Crippen LogP) is 3.51. The molecule has 1 amide bonds. The summed E-state index contributed by atoms with van der Waals surface area (Å²) in [5, 5.41) is 12.5. The number of carbonyl (C=O) groups excluding carboxylic acids is 1. The number of aromatic nitrogens is 1. The van der Waals surface area contributed by atoms with Crippen molar-refractivity contribution < 1.29 is 14.7 Å². The second-order valence-corrected chi connectivity index (χ2v) is 5.31. The summed E-state index contributed by atoms with van der Waals surface area (Å²) >= 11 is 11.8. The minimum Gasteiger partial charge on any atom is -0.478 e. The van der Waals surface area contributed by atoms with Gasteiger partial charge in [-0.1, -0.05) is 29.3 Å². The summed E-state index contributed by atoms with van der Waals surface area (Å²) in [7, 11) is 0. The maximum absolute atomic E-state index is 12.0. The zero-order valence-electron chi connectivity index (χ0n) is 11.0. The number of H-pyrrole nitrogens is 1. The third-order valence-electron chi connectivity index (χ3n) is 2.93. The molecule has 0 fully saturated rings. The monoisotopic (exact) mass is 326 g/mol. The SMILES string of the molecule is Cc1[nH]cc(NC(=O)Cc2ccc(Cl)cc2Cl)c1C(=O)O. The van der Waals surface area contributed by atoms with Gasteiger partial charge in [-0.2, -0.15) is 0 Å². The van der Waals surface area contributed by atoms with E-state index >= 15 is 0 Å². The number of hydrogen-bond acceptors (Lipinski definition) is 2. The quantitative estimate of drug-likeness (QED) is 0.804. The van der Waals surface area contributed by atoms with Crippen LogP contribution in [0.15, 0.2) is 24.4 Å². The van der Waals surface area contributed by atoms with Crippen LogP contribution in [0.5, 0.6) is 0 Å². The maximum atomic E-state index is 12.0. The molecule has 1 heterocycles. The Balaban J connectivity index is 2.14. The molecule has 0 saturated heterocycles. The molecule has 2 aromatic rings. The first-order valence-electron chi connectivity index (χ1n) is 6.03. The van der Waals surface area contributed by atoms with E-state index < -0.39 is 5.97 Å². The van der Waals surface area contributed by atoms with E-state index in [1.807, 2.05) is 0 Å². The number of carboxylic acids is 1. The third kappa shape index (κ3) is 3.56. The molecule has 3 N–H and O–H groups in total. The fourth-order valence-corrected chi connectivity index (χ4v) is 2.41. The molecular weight excluding hydrogens is 315 g/mol. The fraction of sp³-hybridized carbons (Fsp3) is 0.143. The van der Waals surface area contributed by atoms with E-state index in [2.05, 4.69) is 10.3 Å². The van der Waals surface area contributed by atoms with Crippen molar-refractivity contribution in [1.29, 1.82) is 0 Å². The normalized spacial score (nSPS) is 10.4. The fourth-order valence-electron chi connectivity index (χ4n) is 1.93. The van der Waals surface area contributed by atoms with Crippen molar-refractivity contribution in [3.8, 4) is 0 Å². The Hall–Kier alpha value is -1.98. The van der Waals surface area contributed by atoms with Crippen LogP contribution in [0.3, 0.4) is 0 Å². The molecule has 0 unspecified atom stereocenters. The minimum atomic E-state index is -1.10. The maximum Gasteiger partial charge on any atom is 0.339 e. The molecule has 2 rings (SSSR count). The second kappa shape index (κ2) is 6.20. The van der Waals surface area contributed by atoms with Crippen molar-refractivity contribution in [1.82, 2.24) is 4.98 Å². The Morgan fingerprint density at radius 2 is 2.05 bits per heavy atom. The van der Waals surface area contributed by atoms with E-state index in [-0.39, 0.29) is 23.6 Å². The molecular formula is C14H12Cl2N2O3. The standard InChI is InChI=1S/C14H12Cl2N2O3/c1-7-13(14(20)21)11(6-17-7)18-12(19)4-8-2-3-9(15)5-10(8)16/h2-3,5-6,17H,4H2,1H3,(H,18,19)(H,20,21). The van der Waals surface area contributed by atoms with Gasteiger partial charge in [-0.05, 0) is 24.6 Å². The summed E-state index contributed by atoms with van der Waals surface area (Å²) < 4.78 is 0. The van der Waals surface area contributed by atoms with Gasteiger partial charge in [-0.25, -0.2) is 4.79 Å². The van der Waals surface area contributed by atoms with Crippen LogP contribution in [-0.4, -0.2) is 22.0 Å². The van der Waals surface area contributed by atoms with Gasteiger partial charge < -0.3 is 15.4 Å². The number of aromatic carboxylic acids is 1. The van der Waals surface area contributed by atoms with Gasteiger partial charge in [-0.3, -0.25) is 4.79 Å². The van der Waals surface area contributed by atoms with Crippen LogP contribution in [-0.2, 0) is 11.2 Å². The molecule has 0 aliphatic rings. The van der Waals surface area contributed by atoms with Gasteiger partial charge in [0.1, 0.15) is 5.56 Å². The lowest BCUT2D eigenvalue weighted by molar-refractivity contribution is -0.115. The van der Waals surface area contributed by atoms with Gasteiger partial charge in [0.15, 0.2) is 0 Å². The van der Waals surface area contributed by atoms with E-state index in [1.165, 1.54) is 6.20 Å². The number of rotatable bonds is 4. The van der Waals surface area contributed by atoms with Crippen molar-refractivity contribution in [3.63, 3.8) is 0 Å². The van der Waals surface area contributed by atoms with E-state index in [4.69, 9.17) is 28.3 Å². The highest BCUT2D eigenvalue weighted by Crippen LogP contribution is 2.23. The highest BCUT2D eigenvalue weighted by molar-refractivity contribution is 6.35. The number of anilines is 1. The van der Waals surface area contributed by atoms with Gasteiger partial charge in [0.05, 0.1) is 12.1 Å². The van der Waals surface area contributed by atoms with E-state index in [9.17, 15) is 9.59 Å². The van der Waals surface area contributed by atoms with Gasteiger partial charge in [0.2, 0.25) is 5.91 Å². The van der Waals surface area contributed by atoms with Crippen molar-refractivity contribution in [2.45, 2.75) is 13.3 Å². The first-order chi connectivity index (χ1) is 9.88. The summed E-state index contributed by atoms with van der Waals surface area (Å²) in [4.78, 5) is 25.9. The Bertz CT molecular complexity index is 710. The number of amides is 1. The van der Waals surface area contributed by atoms with E-state index in [0.29, 0.717) is 21.3 Å². The average molecular weight is 327 g/mol. The zero-order valence-corrected chi connectivity index (χ0v) is 12.5. The van der Waals surface area contributed by atoms with Crippen LogP contribution >= 0.6 is 23.2 Å². The van der Waals surface area contributed by atoms with E-state index in [0.717, 1.165) is 0 Å². The number of benzene rings is 1. The van der Waals surface area contributed by atoms with Crippen molar-refractivity contribution >= 4 is 40.8 Å². The largest absolute Gasteiger partial charge is 0.478 e. The summed E-state index contributed by atoms with van der Waals surface area (Å²) in [6, 6.07) is 4.85. The van der Waals surface area contributed by atoms with Crippen LogP contribution in [0.1, 0.15) is 21.6 Å². The smallest absolute Gasteiger partial charge is 0.339 e. The number of nitrogens with one attached hydrogen (secondary N) is 2. The molecule has 0 bridgehead atoms. The highest BCUT2D eigenvalue weighted by Gasteiger charge is 2.17. The molecule has 7 heteroatoms. The number of carboxylic acid groups (broad SMARTS) is 1. The summed E-state index contributed by atoms with van der Waals surface area (Å²) in [6.45, 7) is 1.62. The van der Waals surface area contributed by atoms with Crippen molar-refractivity contribution in [3.05, 3.63) is 51.3 Å². The first-order valence-corrected chi connectivity index (χ1v) is 6.79. The van der Waals surface area contributed by atoms with Crippen molar-refractivity contribution in [2.24, 2.45) is 0 Å². The molecule has 0 saturated carbocycles. The topological polar surface area (TPSA) is 82.2 Å². The lowest BCUT2D eigenvalue weighted by Crippen LogP contribution is -2.16. The van der Waals surface area contributed by atoms with Crippen LogP contribution < -0.4 is 5.32 Å². The number of carbonyl (C=O) groups is 2. The van der Waals surface area contributed by atoms with Crippen LogP contribution in [0, 0.1) is 6.92 Å². The van der Waals surface area contributed by atoms with Gasteiger partial charge >= 0.3 is 5.97 Å². The Kier molecular flexibility index (Phi) is 4.55. The van der Waals surface area contributed by atoms with Gasteiger partial charge in [-0.15, -0.1) is 0 Å². The average Bonchev–Trinajstić information content (AvgIpc) is 2.74. The molecule has 5 nitrogen and oxygen atoms in total. The highest BCUT2D eigenvalue weighted by atomic mass is 35.5.